The summed E-state index contributed by atoms with van der Waals surface area (Å²) in [6.45, 7) is 0. The van der Waals surface area contributed by atoms with Crippen molar-refractivity contribution >= 4 is 0 Å². The van der Waals surface area contributed by atoms with Crippen LogP contribution in [0.4, 0.5) is 0 Å². The smallest absolute Gasteiger partial charge is 0.164 e. The highest BCUT2D eigenvalue weighted by Crippen LogP contribution is 2.26. The van der Waals surface area contributed by atoms with E-state index in [1.165, 1.54) is 0 Å². The maximum atomic E-state index is 4.86. The zero-order valence-electron chi connectivity index (χ0n) is 20.6. The fraction of sp³-hybridized carbons (Fsp3) is 0. The first-order valence-corrected chi connectivity index (χ1v) is 12.4. The van der Waals surface area contributed by atoms with E-state index in [9.17, 15) is 0 Å². The lowest BCUT2D eigenvalue weighted by molar-refractivity contribution is 0.880. The third-order valence-electron chi connectivity index (χ3n) is 6.32. The standard InChI is InChI=1S/C30H21N9/c1-16-31-37(19-1)25-10-4-22(5-11-25)28-34-29(23-6-12-26(13-7-23)38-20-2-17-32-38)36-30(35-28)24-8-14-27(15-9-24)39-21-3-18-33-39/h1-21H. The van der Waals surface area contributed by atoms with E-state index in [4.69, 9.17) is 15.0 Å². The van der Waals surface area contributed by atoms with Crippen LogP contribution in [0.3, 0.4) is 0 Å². The SMILES string of the molecule is c1cnn(-c2ccc(-c3nc(-c4ccc(-n5cccn5)cc4)nc(-c4ccc(-n5cccn5)cc4)n3)cc2)c1. The maximum absolute atomic E-state index is 4.86. The highest BCUT2D eigenvalue weighted by Gasteiger charge is 2.13. The zero-order valence-corrected chi connectivity index (χ0v) is 20.6. The molecule has 3 aromatic carbocycles. The summed E-state index contributed by atoms with van der Waals surface area (Å²) in [5, 5.41) is 12.9. The Labute approximate surface area is 223 Å². The van der Waals surface area contributed by atoms with Gasteiger partial charge in [0.1, 0.15) is 0 Å². The van der Waals surface area contributed by atoms with Crippen LogP contribution in [0, 0.1) is 0 Å². The van der Waals surface area contributed by atoms with E-state index >= 15 is 0 Å². The summed E-state index contributed by atoms with van der Waals surface area (Å²) < 4.78 is 5.45. The lowest BCUT2D eigenvalue weighted by Gasteiger charge is -2.10. The second-order valence-electron chi connectivity index (χ2n) is 8.80. The predicted octanol–water partition coefficient (Wildman–Crippen LogP) is 5.43. The van der Waals surface area contributed by atoms with Crippen molar-refractivity contribution in [1.29, 1.82) is 0 Å². The first-order valence-electron chi connectivity index (χ1n) is 12.4. The van der Waals surface area contributed by atoms with Crippen molar-refractivity contribution in [3.05, 3.63) is 128 Å². The molecule has 0 radical (unpaired) electrons. The number of rotatable bonds is 6. The normalized spacial score (nSPS) is 11.1. The Morgan fingerprint density at radius 1 is 0.359 bits per heavy atom. The predicted molar refractivity (Wildman–Crippen MR) is 148 cm³/mol. The quantitative estimate of drug-likeness (QED) is 0.298. The van der Waals surface area contributed by atoms with Gasteiger partial charge in [-0.2, -0.15) is 15.3 Å². The highest BCUT2D eigenvalue weighted by molar-refractivity contribution is 5.67. The third-order valence-corrected chi connectivity index (χ3v) is 6.32. The van der Waals surface area contributed by atoms with Crippen molar-refractivity contribution < 1.29 is 0 Å². The van der Waals surface area contributed by atoms with Crippen LogP contribution in [-0.4, -0.2) is 44.3 Å². The van der Waals surface area contributed by atoms with Crippen LogP contribution < -0.4 is 0 Å². The number of benzene rings is 3. The highest BCUT2D eigenvalue weighted by atomic mass is 15.3. The van der Waals surface area contributed by atoms with E-state index in [-0.39, 0.29) is 0 Å². The summed E-state index contributed by atoms with van der Waals surface area (Å²) in [5.41, 5.74) is 5.54. The van der Waals surface area contributed by atoms with E-state index in [2.05, 4.69) is 15.3 Å². The maximum Gasteiger partial charge on any atom is 0.164 e. The summed E-state index contributed by atoms with van der Waals surface area (Å²) in [4.78, 5) is 14.6. The van der Waals surface area contributed by atoms with Crippen molar-refractivity contribution in [3.63, 3.8) is 0 Å². The van der Waals surface area contributed by atoms with Gasteiger partial charge in [0.2, 0.25) is 0 Å². The summed E-state index contributed by atoms with van der Waals surface area (Å²) >= 11 is 0. The van der Waals surface area contributed by atoms with E-state index in [1.807, 2.05) is 124 Å². The van der Waals surface area contributed by atoms with E-state index in [1.54, 1.807) is 18.6 Å². The first kappa shape index (κ1) is 22.5. The summed E-state index contributed by atoms with van der Waals surface area (Å²) in [5.74, 6) is 1.78. The van der Waals surface area contributed by atoms with Crippen molar-refractivity contribution in [2.75, 3.05) is 0 Å². The minimum Gasteiger partial charge on any atom is -0.241 e. The molecule has 0 atom stereocenters. The lowest BCUT2D eigenvalue weighted by Crippen LogP contribution is -2.01. The molecule has 0 bridgehead atoms. The molecule has 7 aromatic rings. The number of hydrogen-bond acceptors (Lipinski definition) is 6. The average molecular weight is 508 g/mol. The molecule has 4 heterocycles. The van der Waals surface area contributed by atoms with Gasteiger partial charge in [0, 0.05) is 53.9 Å². The van der Waals surface area contributed by atoms with Crippen molar-refractivity contribution in [3.8, 4) is 51.2 Å². The molecular formula is C30H21N9. The zero-order chi connectivity index (χ0) is 26.0. The molecule has 0 unspecified atom stereocenters. The van der Waals surface area contributed by atoms with Crippen molar-refractivity contribution in [2.24, 2.45) is 0 Å². The fourth-order valence-corrected chi connectivity index (χ4v) is 4.32. The van der Waals surface area contributed by atoms with Gasteiger partial charge in [0.05, 0.1) is 17.1 Å². The Hall–Kier alpha value is -5.70. The number of aromatic nitrogens is 9. The van der Waals surface area contributed by atoms with Gasteiger partial charge in [-0.15, -0.1) is 0 Å². The van der Waals surface area contributed by atoms with Crippen LogP contribution >= 0.6 is 0 Å². The minimum atomic E-state index is 0.592. The lowest BCUT2D eigenvalue weighted by atomic mass is 10.1. The molecule has 9 heteroatoms. The van der Waals surface area contributed by atoms with Crippen LogP contribution in [-0.2, 0) is 0 Å². The minimum absolute atomic E-state index is 0.592. The molecule has 0 saturated heterocycles. The van der Waals surface area contributed by atoms with Gasteiger partial charge in [-0.05, 0) is 91.0 Å². The Kier molecular flexibility index (Phi) is 5.56. The Morgan fingerprint density at radius 3 is 0.872 bits per heavy atom. The first-order chi connectivity index (χ1) is 19.3. The molecule has 0 fully saturated rings. The third kappa shape index (κ3) is 4.49. The fourth-order valence-electron chi connectivity index (χ4n) is 4.32. The van der Waals surface area contributed by atoms with Gasteiger partial charge in [0.15, 0.2) is 17.5 Å². The van der Waals surface area contributed by atoms with Crippen LogP contribution in [0.25, 0.3) is 51.2 Å². The van der Waals surface area contributed by atoms with Gasteiger partial charge in [0.25, 0.3) is 0 Å². The molecule has 0 saturated carbocycles. The molecule has 0 N–H and O–H groups in total. The molecule has 186 valence electrons. The van der Waals surface area contributed by atoms with Crippen LogP contribution in [0.15, 0.2) is 128 Å². The molecule has 0 aliphatic heterocycles. The molecule has 4 aromatic heterocycles. The summed E-state index contributed by atoms with van der Waals surface area (Å²) in [6, 6.07) is 29.7. The van der Waals surface area contributed by atoms with Crippen LogP contribution in [0.2, 0.25) is 0 Å². The molecule has 0 aliphatic carbocycles. The largest absolute Gasteiger partial charge is 0.241 e. The second kappa shape index (κ2) is 9.64. The van der Waals surface area contributed by atoms with Crippen LogP contribution in [0.5, 0.6) is 0 Å². The van der Waals surface area contributed by atoms with Gasteiger partial charge >= 0.3 is 0 Å². The topological polar surface area (TPSA) is 92.1 Å². The molecule has 0 amide bonds. The van der Waals surface area contributed by atoms with E-state index < -0.39 is 0 Å². The van der Waals surface area contributed by atoms with Gasteiger partial charge < -0.3 is 0 Å². The molecule has 9 nitrogen and oxygen atoms in total. The molecule has 0 aliphatic rings. The van der Waals surface area contributed by atoms with Gasteiger partial charge in [-0.1, -0.05) is 0 Å². The summed E-state index contributed by atoms with van der Waals surface area (Å²) in [7, 11) is 0. The molecule has 39 heavy (non-hydrogen) atoms. The van der Waals surface area contributed by atoms with E-state index in [0.29, 0.717) is 17.5 Å². The Morgan fingerprint density at radius 2 is 0.641 bits per heavy atom. The average Bonchev–Trinajstić information content (AvgIpc) is 3.82. The molecule has 0 spiro atoms. The second-order valence-corrected chi connectivity index (χ2v) is 8.80. The van der Waals surface area contributed by atoms with Gasteiger partial charge in [-0.3, -0.25) is 0 Å². The number of nitrogens with zero attached hydrogens (tertiary/aromatic N) is 9. The monoisotopic (exact) mass is 507 g/mol. The van der Waals surface area contributed by atoms with Crippen molar-refractivity contribution in [1.82, 2.24) is 44.3 Å². The van der Waals surface area contributed by atoms with E-state index in [0.717, 1.165) is 33.8 Å². The van der Waals surface area contributed by atoms with Gasteiger partial charge in [-0.25, -0.2) is 29.0 Å². The Bertz CT molecular complexity index is 1570. The molecular weight excluding hydrogens is 486 g/mol. The molecule has 7 rings (SSSR count). The summed E-state index contributed by atoms with van der Waals surface area (Å²) in [6.07, 6.45) is 11.0. The van der Waals surface area contributed by atoms with Crippen molar-refractivity contribution in [2.45, 2.75) is 0 Å². The Balaban J connectivity index is 1.30. The van der Waals surface area contributed by atoms with Crippen LogP contribution in [0.1, 0.15) is 0 Å². The number of hydrogen-bond donors (Lipinski definition) is 0.